The number of hydrogen-bond acceptors (Lipinski definition) is 3. The van der Waals surface area contributed by atoms with Gasteiger partial charge in [0.15, 0.2) is 0 Å². The summed E-state index contributed by atoms with van der Waals surface area (Å²) in [6.07, 6.45) is 6.44. The van der Waals surface area contributed by atoms with Crippen molar-refractivity contribution in [1.82, 2.24) is 10.2 Å². The van der Waals surface area contributed by atoms with Gasteiger partial charge in [-0.15, -0.1) is 0 Å². The summed E-state index contributed by atoms with van der Waals surface area (Å²) < 4.78 is 5.97. The van der Waals surface area contributed by atoms with E-state index in [2.05, 4.69) is 35.3 Å². The van der Waals surface area contributed by atoms with Gasteiger partial charge >= 0.3 is 0 Å². The summed E-state index contributed by atoms with van der Waals surface area (Å²) in [5.74, 6) is 1.05. The molecule has 2 aliphatic rings. The van der Waals surface area contributed by atoms with E-state index in [0.29, 0.717) is 6.04 Å². The molecule has 3 heteroatoms. The van der Waals surface area contributed by atoms with E-state index in [-0.39, 0.29) is 0 Å². The number of rotatable bonds is 6. The highest BCUT2D eigenvalue weighted by Gasteiger charge is 2.19. The Morgan fingerprint density at radius 3 is 2.90 bits per heavy atom. The van der Waals surface area contributed by atoms with Crippen molar-refractivity contribution in [1.29, 1.82) is 0 Å². The van der Waals surface area contributed by atoms with E-state index in [1.807, 2.05) is 0 Å². The Morgan fingerprint density at radius 1 is 1.24 bits per heavy atom. The zero-order valence-corrected chi connectivity index (χ0v) is 13.2. The van der Waals surface area contributed by atoms with Gasteiger partial charge in [-0.05, 0) is 75.0 Å². The topological polar surface area (TPSA) is 24.5 Å². The minimum atomic E-state index is 0.539. The van der Waals surface area contributed by atoms with Crippen molar-refractivity contribution in [2.75, 3.05) is 32.8 Å². The van der Waals surface area contributed by atoms with Crippen molar-refractivity contribution in [3.8, 4) is 5.75 Å². The fourth-order valence-electron chi connectivity index (χ4n) is 3.64. The lowest BCUT2D eigenvalue weighted by Gasteiger charge is -2.26. The first-order chi connectivity index (χ1) is 10.4. The van der Waals surface area contributed by atoms with Crippen LogP contribution in [0.15, 0.2) is 18.2 Å². The molecule has 1 aliphatic carbocycles. The van der Waals surface area contributed by atoms with Gasteiger partial charge in [-0.25, -0.2) is 0 Å². The first-order valence-corrected chi connectivity index (χ1v) is 8.58. The van der Waals surface area contributed by atoms with Crippen LogP contribution in [0.3, 0.4) is 0 Å². The fraction of sp³-hybridized carbons (Fsp3) is 0.667. The number of nitrogens with one attached hydrogen (secondary N) is 1. The maximum Gasteiger partial charge on any atom is 0.119 e. The van der Waals surface area contributed by atoms with Gasteiger partial charge in [-0.3, -0.25) is 4.90 Å². The van der Waals surface area contributed by atoms with Crippen LogP contribution in [-0.2, 0) is 6.42 Å². The molecule has 1 aliphatic heterocycles. The highest BCUT2D eigenvalue weighted by atomic mass is 16.5. The van der Waals surface area contributed by atoms with Crippen LogP contribution in [-0.4, -0.2) is 37.7 Å². The summed E-state index contributed by atoms with van der Waals surface area (Å²) >= 11 is 0. The SMILES string of the molecule is CCNC1CCCc2cc(OCCN3CCCC3)ccc21. The molecule has 1 unspecified atom stereocenters. The molecule has 0 saturated carbocycles. The van der Waals surface area contributed by atoms with E-state index >= 15 is 0 Å². The van der Waals surface area contributed by atoms with Crippen LogP contribution in [0.5, 0.6) is 5.75 Å². The van der Waals surface area contributed by atoms with Crippen LogP contribution >= 0.6 is 0 Å². The third kappa shape index (κ3) is 3.78. The number of hydrogen-bond donors (Lipinski definition) is 1. The van der Waals surface area contributed by atoms with E-state index in [1.165, 1.54) is 56.3 Å². The molecule has 0 bridgehead atoms. The zero-order chi connectivity index (χ0) is 14.5. The number of nitrogens with zero attached hydrogens (tertiary/aromatic N) is 1. The van der Waals surface area contributed by atoms with Gasteiger partial charge in [0.25, 0.3) is 0 Å². The minimum Gasteiger partial charge on any atom is -0.492 e. The van der Waals surface area contributed by atoms with E-state index in [4.69, 9.17) is 4.74 Å². The second kappa shape index (κ2) is 7.28. The molecular formula is C18H28N2O. The first kappa shape index (κ1) is 14.9. The quantitative estimate of drug-likeness (QED) is 0.870. The van der Waals surface area contributed by atoms with Crippen molar-refractivity contribution in [3.05, 3.63) is 29.3 Å². The summed E-state index contributed by atoms with van der Waals surface area (Å²) in [6.45, 7) is 7.60. The zero-order valence-electron chi connectivity index (χ0n) is 13.2. The average Bonchev–Trinajstić information content (AvgIpc) is 3.01. The van der Waals surface area contributed by atoms with Gasteiger partial charge in [0.2, 0.25) is 0 Å². The van der Waals surface area contributed by atoms with Crippen LogP contribution in [0.1, 0.15) is 49.8 Å². The smallest absolute Gasteiger partial charge is 0.119 e. The van der Waals surface area contributed by atoms with Gasteiger partial charge in [-0.2, -0.15) is 0 Å². The van der Waals surface area contributed by atoms with Crippen molar-refractivity contribution in [2.45, 2.75) is 45.1 Å². The van der Waals surface area contributed by atoms with Crippen molar-refractivity contribution in [2.24, 2.45) is 0 Å². The van der Waals surface area contributed by atoms with Crippen LogP contribution in [0.4, 0.5) is 0 Å². The number of fused-ring (bicyclic) bond motifs is 1. The van der Waals surface area contributed by atoms with Crippen LogP contribution in [0.2, 0.25) is 0 Å². The van der Waals surface area contributed by atoms with E-state index in [9.17, 15) is 0 Å². The second-order valence-electron chi connectivity index (χ2n) is 6.26. The number of likely N-dealkylation sites (tertiary alicyclic amines) is 1. The average molecular weight is 288 g/mol. The molecule has 1 fully saturated rings. The highest BCUT2D eigenvalue weighted by Crippen LogP contribution is 2.32. The molecule has 1 N–H and O–H groups in total. The largest absolute Gasteiger partial charge is 0.492 e. The van der Waals surface area contributed by atoms with E-state index in [0.717, 1.165) is 25.4 Å². The maximum atomic E-state index is 5.97. The fourth-order valence-corrected chi connectivity index (χ4v) is 3.64. The summed E-state index contributed by atoms with van der Waals surface area (Å²) in [5, 5.41) is 3.59. The standard InChI is InChI=1S/C18H28N2O/c1-2-19-18-7-5-6-15-14-16(8-9-17(15)18)21-13-12-20-10-3-4-11-20/h8-9,14,18-19H,2-7,10-13H2,1H3. The number of aryl methyl sites for hydroxylation is 1. The predicted molar refractivity (Wildman–Crippen MR) is 87.0 cm³/mol. The van der Waals surface area contributed by atoms with Gasteiger partial charge < -0.3 is 10.1 Å². The molecule has 0 aromatic heterocycles. The molecule has 1 atom stereocenters. The lowest BCUT2D eigenvalue weighted by Crippen LogP contribution is -2.26. The van der Waals surface area contributed by atoms with Crippen molar-refractivity contribution in [3.63, 3.8) is 0 Å². The molecule has 21 heavy (non-hydrogen) atoms. The van der Waals surface area contributed by atoms with Crippen molar-refractivity contribution >= 4 is 0 Å². The normalized spacial score (nSPS) is 22.2. The predicted octanol–water partition coefficient (Wildman–Crippen LogP) is 3.15. The Labute approximate surface area is 128 Å². The molecule has 1 aromatic rings. The summed E-state index contributed by atoms with van der Waals surface area (Å²) in [7, 11) is 0. The number of benzene rings is 1. The lowest BCUT2D eigenvalue weighted by molar-refractivity contribution is 0.237. The van der Waals surface area contributed by atoms with Gasteiger partial charge in [0, 0.05) is 12.6 Å². The third-order valence-corrected chi connectivity index (χ3v) is 4.75. The molecule has 3 nitrogen and oxygen atoms in total. The highest BCUT2D eigenvalue weighted by molar-refractivity contribution is 5.39. The summed E-state index contributed by atoms with van der Waals surface area (Å²) in [6, 6.07) is 7.23. The molecule has 0 radical (unpaired) electrons. The first-order valence-electron chi connectivity index (χ1n) is 8.58. The second-order valence-corrected chi connectivity index (χ2v) is 6.26. The molecular weight excluding hydrogens is 260 g/mol. The van der Waals surface area contributed by atoms with Crippen LogP contribution < -0.4 is 10.1 Å². The third-order valence-electron chi connectivity index (χ3n) is 4.75. The van der Waals surface area contributed by atoms with Crippen LogP contribution in [0.25, 0.3) is 0 Å². The summed E-state index contributed by atoms with van der Waals surface area (Å²) in [4.78, 5) is 2.50. The molecule has 1 heterocycles. The Morgan fingerprint density at radius 2 is 2.10 bits per heavy atom. The lowest BCUT2D eigenvalue weighted by atomic mass is 9.87. The molecule has 0 spiro atoms. The Hall–Kier alpha value is -1.06. The molecule has 1 aromatic carbocycles. The van der Waals surface area contributed by atoms with Gasteiger partial charge in [-0.1, -0.05) is 13.0 Å². The van der Waals surface area contributed by atoms with E-state index < -0.39 is 0 Å². The molecule has 3 rings (SSSR count). The van der Waals surface area contributed by atoms with Crippen LogP contribution in [0, 0.1) is 0 Å². The Balaban J connectivity index is 1.57. The van der Waals surface area contributed by atoms with Crippen molar-refractivity contribution < 1.29 is 4.74 Å². The van der Waals surface area contributed by atoms with E-state index in [1.54, 1.807) is 0 Å². The minimum absolute atomic E-state index is 0.539. The molecule has 0 amide bonds. The maximum absolute atomic E-state index is 5.97. The Bertz CT molecular complexity index is 455. The van der Waals surface area contributed by atoms with Gasteiger partial charge in [0.05, 0.1) is 0 Å². The molecule has 116 valence electrons. The molecule has 1 saturated heterocycles. The number of ether oxygens (including phenoxy) is 1. The summed E-state index contributed by atoms with van der Waals surface area (Å²) in [5.41, 5.74) is 2.96. The monoisotopic (exact) mass is 288 g/mol. The van der Waals surface area contributed by atoms with Gasteiger partial charge in [0.1, 0.15) is 12.4 Å². The Kier molecular flexibility index (Phi) is 5.15.